The van der Waals surface area contributed by atoms with Crippen molar-refractivity contribution in [3.05, 3.63) is 71.0 Å². The van der Waals surface area contributed by atoms with Crippen LogP contribution >= 0.6 is 0 Å². The van der Waals surface area contributed by atoms with Crippen LogP contribution in [-0.2, 0) is 11.3 Å². The van der Waals surface area contributed by atoms with Gasteiger partial charge in [0.15, 0.2) is 0 Å². The van der Waals surface area contributed by atoms with E-state index in [2.05, 4.69) is 0 Å². The fourth-order valence-corrected chi connectivity index (χ4v) is 2.96. The number of esters is 1. The van der Waals surface area contributed by atoms with Crippen LogP contribution in [0.2, 0.25) is 0 Å². The first-order valence-electron chi connectivity index (χ1n) is 8.47. The highest BCUT2D eigenvalue weighted by Crippen LogP contribution is 2.26. The third-order valence-electron chi connectivity index (χ3n) is 4.29. The van der Waals surface area contributed by atoms with E-state index in [1.807, 2.05) is 30.4 Å². The molecule has 0 saturated heterocycles. The van der Waals surface area contributed by atoms with E-state index < -0.39 is 17.6 Å². The Balaban J connectivity index is 1.87. The van der Waals surface area contributed by atoms with Crippen molar-refractivity contribution in [1.82, 2.24) is 0 Å². The summed E-state index contributed by atoms with van der Waals surface area (Å²) in [5.74, 6) is -1.55. The summed E-state index contributed by atoms with van der Waals surface area (Å²) in [6, 6.07) is 10.6. The third kappa shape index (κ3) is 3.60. The quantitative estimate of drug-likeness (QED) is 0.682. The SMILES string of the molecule is CCOC(=O)c1oc2ccccc2c1C[NH2+][C@H](C)c1ccc(F)cc1F. The largest absolute Gasteiger partial charge is 0.460 e. The van der Waals surface area contributed by atoms with E-state index >= 15 is 0 Å². The lowest BCUT2D eigenvalue weighted by Gasteiger charge is -2.12. The van der Waals surface area contributed by atoms with Gasteiger partial charge in [-0.15, -0.1) is 0 Å². The molecule has 136 valence electrons. The molecule has 0 saturated carbocycles. The van der Waals surface area contributed by atoms with E-state index in [1.54, 1.807) is 13.0 Å². The Kier molecular flexibility index (Phi) is 5.32. The number of hydrogen-bond donors (Lipinski definition) is 1. The molecule has 0 bridgehead atoms. The number of carbonyl (C=O) groups is 1. The minimum atomic E-state index is -0.608. The van der Waals surface area contributed by atoms with E-state index in [0.29, 0.717) is 23.3 Å². The molecule has 0 amide bonds. The number of ether oxygens (including phenoxy) is 1. The molecule has 0 fully saturated rings. The zero-order valence-corrected chi connectivity index (χ0v) is 14.6. The van der Waals surface area contributed by atoms with Crippen molar-refractivity contribution in [2.45, 2.75) is 26.4 Å². The predicted molar refractivity (Wildman–Crippen MR) is 92.6 cm³/mol. The van der Waals surface area contributed by atoms with E-state index in [4.69, 9.17) is 9.15 Å². The maximum atomic E-state index is 14.0. The molecule has 1 atom stereocenters. The number of hydrogen-bond acceptors (Lipinski definition) is 3. The van der Waals surface area contributed by atoms with Crippen LogP contribution in [0.15, 0.2) is 46.9 Å². The topological polar surface area (TPSA) is 56.0 Å². The van der Waals surface area contributed by atoms with Crippen LogP contribution in [-0.4, -0.2) is 12.6 Å². The highest BCUT2D eigenvalue weighted by Gasteiger charge is 2.24. The van der Waals surface area contributed by atoms with Gasteiger partial charge < -0.3 is 14.5 Å². The number of benzene rings is 2. The van der Waals surface area contributed by atoms with Gasteiger partial charge in [0.1, 0.15) is 29.8 Å². The van der Waals surface area contributed by atoms with Crippen molar-refractivity contribution < 1.29 is 28.0 Å². The minimum absolute atomic E-state index is 0.163. The maximum Gasteiger partial charge on any atom is 0.374 e. The van der Waals surface area contributed by atoms with Crippen molar-refractivity contribution in [3.8, 4) is 0 Å². The van der Waals surface area contributed by atoms with Gasteiger partial charge >= 0.3 is 5.97 Å². The van der Waals surface area contributed by atoms with Gasteiger partial charge in [0.05, 0.1) is 12.2 Å². The molecule has 2 N–H and O–H groups in total. The molecule has 0 aliphatic heterocycles. The van der Waals surface area contributed by atoms with Crippen LogP contribution in [0.3, 0.4) is 0 Å². The number of halogens is 2. The highest BCUT2D eigenvalue weighted by atomic mass is 19.1. The molecule has 0 aliphatic carbocycles. The molecule has 4 nitrogen and oxygen atoms in total. The van der Waals surface area contributed by atoms with Crippen molar-refractivity contribution in [2.24, 2.45) is 0 Å². The van der Waals surface area contributed by atoms with E-state index in [9.17, 15) is 13.6 Å². The molecule has 26 heavy (non-hydrogen) atoms. The lowest BCUT2D eigenvalue weighted by atomic mass is 10.1. The summed E-state index contributed by atoms with van der Waals surface area (Å²) >= 11 is 0. The Morgan fingerprint density at radius 1 is 1.23 bits per heavy atom. The van der Waals surface area contributed by atoms with Crippen LogP contribution in [0.25, 0.3) is 11.0 Å². The average Bonchev–Trinajstić information content (AvgIpc) is 2.98. The van der Waals surface area contributed by atoms with Gasteiger partial charge in [0, 0.05) is 17.0 Å². The van der Waals surface area contributed by atoms with E-state index in [0.717, 1.165) is 11.5 Å². The van der Waals surface area contributed by atoms with Crippen LogP contribution in [0.5, 0.6) is 0 Å². The summed E-state index contributed by atoms with van der Waals surface area (Å²) in [7, 11) is 0. The first-order chi connectivity index (χ1) is 12.5. The van der Waals surface area contributed by atoms with Gasteiger partial charge in [-0.05, 0) is 32.0 Å². The fourth-order valence-electron chi connectivity index (χ4n) is 2.96. The summed E-state index contributed by atoms with van der Waals surface area (Å²) in [4.78, 5) is 12.2. The van der Waals surface area contributed by atoms with Gasteiger partial charge in [-0.3, -0.25) is 0 Å². The molecular formula is C20H20F2NO3+. The number of rotatable bonds is 6. The number of nitrogens with two attached hydrogens (primary N) is 1. The lowest BCUT2D eigenvalue weighted by molar-refractivity contribution is -0.708. The van der Waals surface area contributed by atoms with E-state index in [1.165, 1.54) is 12.1 Å². The number of furan rings is 1. The zero-order chi connectivity index (χ0) is 18.7. The molecule has 0 unspecified atom stereocenters. The average molecular weight is 360 g/mol. The molecule has 1 aromatic heterocycles. The number of para-hydroxylation sites is 1. The van der Waals surface area contributed by atoms with Gasteiger partial charge in [0.25, 0.3) is 0 Å². The monoisotopic (exact) mass is 360 g/mol. The standard InChI is InChI=1S/C20H19F2NO3/c1-3-25-20(24)19-16(15-6-4-5-7-18(15)26-19)11-23-12(2)14-9-8-13(21)10-17(14)22/h4-10,12,23H,3,11H2,1-2H3/p+1/t12-/m1/s1. The third-order valence-corrected chi connectivity index (χ3v) is 4.29. The second-order valence-electron chi connectivity index (χ2n) is 6.02. The molecule has 3 rings (SSSR count). The summed E-state index contributed by atoms with van der Waals surface area (Å²) in [5.41, 5.74) is 1.70. The molecule has 2 aromatic carbocycles. The Hall–Kier alpha value is -2.73. The van der Waals surface area contributed by atoms with Crippen molar-refractivity contribution in [2.75, 3.05) is 6.61 Å². The molecule has 0 radical (unpaired) electrons. The molecular weight excluding hydrogens is 340 g/mol. The van der Waals surface area contributed by atoms with Gasteiger partial charge in [-0.25, -0.2) is 13.6 Å². The molecule has 6 heteroatoms. The smallest absolute Gasteiger partial charge is 0.374 e. The minimum Gasteiger partial charge on any atom is -0.460 e. The molecule has 1 heterocycles. The van der Waals surface area contributed by atoms with Gasteiger partial charge in [-0.2, -0.15) is 0 Å². The fraction of sp³-hybridized carbons (Fsp3) is 0.250. The van der Waals surface area contributed by atoms with Crippen molar-refractivity contribution in [3.63, 3.8) is 0 Å². The van der Waals surface area contributed by atoms with Gasteiger partial charge in [-0.1, -0.05) is 18.2 Å². The second-order valence-corrected chi connectivity index (χ2v) is 6.02. The molecule has 3 aromatic rings. The number of fused-ring (bicyclic) bond motifs is 1. The first-order valence-corrected chi connectivity index (χ1v) is 8.47. The summed E-state index contributed by atoms with van der Waals surface area (Å²) in [6.07, 6.45) is 0. The van der Waals surface area contributed by atoms with Crippen LogP contribution < -0.4 is 5.32 Å². The Morgan fingerprint density at radius 2 is 2.00 bits per heavy atom. The van der Waals surface area contributed by atoms with Crippen LogP contribution in [0.4, 0.5) is 8.78 Å². The van der Waals surface area contributed by atoms with Gasteiger partial charge in [0.2, 0.25) is 5.76 Å². The molecule has 0 aliphatic rings. The number of carbonyl (C=O) groups excluding carboxylic acids is 1. The Labute approximate surface area is 149 Å². The molecule has 0 spiro atoms. The first kappa shape index (κ1) is 18.1. The lowest BCUT2D eigenvalue weighted by Crippen LogP contribution is -2.83. The summed E-state index contributed by atoms with van der Waals surface area (Å²) < 4.78 is 37.8. The Bertz CT molecular complexity index is 936. The zero-order valence-electron chi connectivity index (χ0n) is 14.6. The normalized spacial score (nSPS) is 12.3. The number of quaternary nitrogens is 1. The van der Waals surface area contributed by atoms with Crippen LogP contribution in [0, 0.1) is 11.6 Å². The van der Waals surface area contributed by atoms with E-state index in [-0.39, 0.29) is 18.4 Å². The summed E-state index contributed by atoms with van der Waals surface area (Å²) in [6.45, 7) is 4.19. The summed E-state index contributed by atoms with van der Waals surface area (Å²) in [5, 5.41) is 2.69. The predicted octanol–water partition coefficient (Wildman–Crippen LogP) is 3.71. The van der Waals surface area contributed by atoms with Crippen LogP contribution in [0.1, 0.15) is 41.6 Å². The Morgan fingerprint density at radius 3 is 2.73 bits per heavy atom. The van der Waals surface area contributed by atoms with Crippen molar-refractivity contribution >= 4 is 16.9 Å². The second kappa shape index (κ2) is 7.66. The maximum absolute atomic E-state index is 14.0. The van der Waals surface area contributed by atoms with Crippen molar-refractivity contribution in [1.29, 1.82) is 0 Å². The highest BCUT2D eigenvalue weighted by molar-refractivity contribution is 5.95.